The third kappa shape index (κ3) is 4.86. The van der Waals surface area contributed by atoms with E-state index in [2.05, 4.69) is 149 Å². The number of pyridine rings is 2. The van der Waals surface area contributed by atoms with Crippen molar-refractivity contribution in [1.29, 1.82) is 0 Å². The summed E-state index contributed by atoms with van der Waals surface area (Å²) in [6.45, 7) is 16.0. The normalized spacial score (nSPS) is 18.9. The molecule has 0 N–H and O–H groups in total. The maximum atomic E-state index is 8.78. The van der Waals surface area contributed by atoms with Gasteiger partial charge in [0.05, 0.1) is 11.3 Å². The van der Waals surface area contributed by atoms with Gasteiger partial charge in [-0.2, -0.15) is 6.07 Å². The number of fused-ring (bicyclic) bond motifs is 8. The molecule has 2 aliphatic rings. The van der Waals surface area contributed by atoms with Crippen LogP contribution in [-0.4, -0.2) is 18.9 Å². The van der Waals surface area contributed by atoms with Gasteiger partial charge in [0.1, 0.15) is 5.82 Å². The van der Waals surface area contributed by atoms with Gasteiger partial charge in [0.15, 0.2) is 0 Å². The Hall–Kier alpha value is -5.25. The minimum Gasteiger partial charge on any atom is -0.503 e. The van der Waals surface area contributed by atoms with E-state index < -0.39 is 6.85 Å². The Bertz CT molecular complexity index is 3330. The fourth-order valence-corrected chi connectivity index (χ4v) is 10.5. The van der Waals surface area contributed by atoms with Gasteiger partial charge in [0, 0.05) is 54.9 Å². The van der Waals surface area contributed by atoms with E-state index in [4.69, 9.17) is 18.8 Å². The summed E-state index contributed by atoms with van der Waals surface area (Å²) >= 11 is 0. The molecular formula is C52H46N4OPt. The molecule has 5 nitrogen and oxygen atoms in total. The monoisotopic (exact) mass is 940 g/mol. The Morgan fingerprint density at radius 3 is 2.33 bits per heavy atom. The zero-order valence-corrected chi connectivity index (χ0v) is 36.3. The van der Waals surface area contributed by atoms with E-state index in [1.54, 1.807) is 0 Å². The first-order valence-electron chi connectivity index (χ1n) is 21.5. The van der Waals surface area contributed by atoms with Crippen LogP contribution in [0.2, 0.25) is 0 Å². The summed E-state index contributed by atoms with van der Waals surface area (Å²) in [5.41, 5.74) is 9.71. The van der Waals surface area contributed by atoms with Crippen molar-refractivity contribution in [3.05, 3.63) is 143 Å². The number of ether oxygens (including phenoxy) is 1. The summed E-state index contributed by atoms with van der Waals surface area (Å²) < 4.78 is 37.5. The van der Waals surface area contributed by atoms with E-state index in [0.717, 1.165) is 73.1 Å². The number of benzene rings is 5. The largest absolute Gasteiger partial charge is 2.00 e. The van der Waals surface area contributed by atoms with Crippen LogP contribution in [0.1, 0.15) is 93.9 Å². The maximum absolute atomic E-state index is 8.78. The molecular weight excluding hydrogens is 892 g/mol. The molecule has 0 saturated carbocycles. The van der Waals surface area contributed by atoms with Gasteiger partial charge in [-0.25, -0.2) is 4.98 Å². The average Bonchev–Trinajstić information content (AvgIpc) is 3.74. The maximum Gasteiger partial charge on any atom is 2.00 e. The second-order valence-corrected chi connectivity index (χ2v) is 18.7. The van der Waals surface area contributed by atoms with E-state index in [9.17, 15) is 0 Å². The standard InChI is InChI=1S/C52H46N4O.Pt/c1-30-18-23-40-46-44(30)36-22-20-32(27-38(36)48-54-45-37-15-10-12-16-39(37)50(5,6)29-52(9,51(40,7)8)47(45)56(46)48)57-33-19-21-35-34-14-11-13-17-41(34)55(42(35)28-33)43-26-31(24-25-53-43)49(2,3)4;/h10-26H,29H2,1-9H3;/q-2;+2/i1D3;. The van der Waals surface area contributed by atoms with Crippen LogP contribution in [0.15, 0.2) is 103 Å². The van der Waals surface area contributed by atoms with Crippen LogP contribution in [0.4, 0.5) is 0 Å². The van der Waals surface area contributed by atoms with E-state index in [1.165, 1.54) is 11.1 Å². The van der Waals surface area contributed by atoms with Crippen LogP contribution in [-0.2, 0) is 42.7 Å². The van der Waals surface area contributed by atoms with Crippen LogP contribution in [0, 0.1) is 19.0 Å². The number of imidazole rings is 1. The van der Waals surface area contributed by atoms with Crippen LogP contribution >= 0.6 is 0 Å². The van der Waals surface area contributed by atoms with Gasteiger partial charge >= 0.3 is 21.1 Å². The molecule has 11 rings (SSSR count). The van der Waals surface area contributed by atoms with Crippen molar-refractivity contribution in [2.24, 2.45) is 0 Å². The molecule has 0 bridgehead atoms. The van der Waals surface area contributed by atoms with E-state index >= 15 is 0 Å². The van der Waals surface area contributed by atoms with E-state index in [1.807, 2.05) is 30.5 Å². The zero-order chi connectivity index (χ0) is 41.9. The molecule has 290 valence electrons. The van der Waals surface area contributed by atoms with E-state index in [0.29, 0.717) is 27.8 Å². The van der Waals surface area contributed by atoms with Crippen molar-refractivity contribution in [2.45, 2.75) is 90.3 Å². The molecule has 4 aromatic heterocycles. The van der Waals surface area contributed by atoms with Crippen molar-refractivity contribution in [3.8, 4) is 28.6 Å². The van der Waals surface area contributed by atoms with Gasteiger partial charge in [0.2, 0.25) is 0 Å². The van der Waals surface area contributed by atoms with Gasteiger partial charge in [-0.05, 0) is 69.8 Å². The molecule has 0 radical (unpaired) electrons. The second kappa shape index (κ2) is 12.1. The van der Waals surface area contributed by atoms with Crippen LogP contribution < -0.4 is 4.74 Å². The predicted octanol–water partition coefficient (Wildman–Crippen LogP) is 13.0. The summed E-state index contributed by atoms with van der Waals surface area (Å²) in [5, 5.41) is 4.37. The number of rotatable bonds is 3. The van der Waals surface area contributed by atoms with Crippen molar-refractivity contribution in [3.63, 3.8) is 0 Å². The number of hydrogen-bond donors (Lipinski definition) is 0. The summed E-state index contributed by atoms with van der Waals surface area (Å²) in [6, 6.07) is 40.3. The van der Waals surface area contributed by atoms with Crippen molar-refractivity contribution < 1.29 is 29.9 Å². The molecule has 0 fully saturated rings. The summed E-state index contributed by atoms with van der Waals surface area (Å²) in [5.74, 6) is 1.84. The number of aryl methyl sites for hydroxylation is 1. The number of para-hydroxylation sites is 1. The van der Waals surface area contributed by atoms with Crippen LogP contribution in [0.25, 0.3) is 66.2 Å². The first-order chi connectivity index (χ1) is 28.4. The smallest absolute Gasteiger partial charge is 0.503 e. The molecule has 0 saturated heterocycles. The van der Waals surface area contributed by atoms with Gasteiger partial charge < -0.3 is 13.7 Å². The quantitative estimate of drug-likeness (QED) is 0.131. The fourth-order valence-electron chi connectivity index (χ4n) is 10.5. The van der Waals surface area contributed by atoms with Gasteiger partial charge in [0.25, 0.3) is 0 Å². The van der Waals surface area contributed by atoms with Crippen LogP contribution in [0.3, 0.4) is 0 Å². The predicted molar refractivity (Wildman–Crippen MR) is 233 cm³/mol. The molecule has 1 atom stereocenters. The van der Waals surface area contributed by atoms with Gasteiger partial charge in [-0.15, -0.1) is 29.7 Å². The molecule has 58 heavy (non-hydrogen) atoms. The van der Waals surface area contributed by atoms with Crippen molar-refractivity contribution in [2.75, 3.05) is 0 Å². The first kappa shape index (κ1) is 33.7. The molecule has 0 spiro atoms. The number of hydrogen-bond acceptors (Lipinski definition) is 3. The van der Waals surface area contributed by atoms with Crippen LogP contribution in [0.5, 0.6) is 11.5 Å². The molecule has 1 aliphatic heterocycles. The first-order valence-corrected chi connectivity index (χ1v) is 20.0. The Kier molecular flexibility index (Phi) is 7.06. The van der Waals surface area contributed by atoms with Crippen molar-refractivity contribution in [1.82, 2.24) is 18.9 Å². The number of nitrogens with zero attached hydrogens (tertiary/aromatic N) is 4. The Morgan fingerprint density at radius 1 is 0.793 bits per heavy atom. The molecule has 1 unspecified atom stereocenters. The molecule has 9 aromatic rings. The van der Waals surface area contributed by atoms with Gasteiger partial charge in [-0.1, -0.05) is 138 Å². The molecule has 6 heteroatoms. The van der Waals surface area contributed by atoms with Gasteiger partial charge in [-0.3, -0.25) is 4.98 Å². The minimum absolute atomic E-state index is 0. The topological polar surface area (TPSA) is 44.3 Å². The molecule has 0 amide bonds. The van der Waals surface area contributed by atoms with E-state index in [-0.39, 0.29) is 42.7 Å². The summed E-state index contributed by atoms with van der Waals surface area (Å²) in [6.07, 6.45) is 2.76. The zero-order valence-electron chi connectivity index (χ0n) is 37.0. The molecule has 5 aromatic carbocycles. The fraction of sp³-hybridized carbons (Fsp3) is 0.269. The minimum atomic E-state index is -2.35. The third-order valence-corrected chi connectivity index (χ3v) is 13.6. The Morgan fingerprint density at radius 2 is 1.53 bits per heavy atom. The molecule has 1 aliphatic carbocycles. The van der Waals surface area contributed by atoms with Crippen molar-refractivity contribution >= 4 is 49.1 Å². The summed E-state index contributed by atoms with van der Waals surface area (Å²) in [4.78, 5) is 10.4. The third-order valence-electron chi connectivity index (χ3n) is 13.6. The second-order valence-electron chi connectivity index (χ2n) is 18.7. The average molecular weight is 941 g/mol. The summed E-state index contributed by atoms with van der Waals surface area (Å²) in [7, 11) is 0. The SMILES string of the molecule is [2H]C([2H])([2H])c1ccc2c3c1c1ccc(Oc4[c-]c5c(cc4)c4ccccc4n5-c4cc(C(C)(C)C)ccn4)[c-]c1c1nc4c(n13)C(C)(CC(C)(C)c1ccccc1-4)C2(C)C.[Pt+2]. The number of aromatic nitrogens is 4. The molecule has 5 heterocycles. The Labute approximate surface area is 358 Å². The Balaban J connectivity index is 0.00000445.